The summed E-state index contributed by atoms with van der Waals surface area (Å²) in [5.41, 5.74) is 8.02. The second kappa shape index (κ2) is 8.38. The molecule has 1 aliphatic heterocycles. The molecular formula is C25H26N4O4. The maximum absolute atomic E-state index is 10.7. The Morgan fingerprint density at radius 3 is 2.70 bits per heavy atom. The maximum atomic E-state index is 10.7. The number of pyridine rings is 1. The van der Waals surface area contributed by atoms with E-state index >= 15 is 0 Å². The highest BCUT2D eigenvalue weighted by Gasteiger charge is 2.26. The van der Waals surface area contributed by atoms with Gasteiger partial charge in [-0.05, 0) is 38.1 Å². The summed E-state index contributed by atoms with van der Waals surface area (Å²) in [6.07, 6.45) is 2.36. The largest absolute Gasteiger partial charge is 0.506 e. The minimum Gasteiger partial charge on any atom is -0.506 e. The van der Waals surface area contributed by atoms with Gasteiger partial charge in [-0.2, -0.15) is 0 Å². The van der Waals surface area contributed by atoms with Crippen molar-refractivity contribution in [1.82, 2.24) is 20.0 Å². The van der Waals surface area contributed by atoms with Crippen molar-refractivity contribution in [3.63, 3.8) is 0 Å². The lowest BCUT2D eigenvalue weighted by Crippen LogP contribution is -2.19. The number of hydrogen-bond donors (Lipinski definition) is 2. The first-order valence-corrected chi connectivity index (χ1v) is 10.8. The number of benzene rings is 2. The summed E-state index contributed by atoms with van der Waals surface area (Å²) >= 11 is 0. The molecule has 0 fully saturated rings. The first kappa shape index (κ1) is 21.2. The molecule has 0 bridgehead atoms. The number of methoxy groups -OCH3 is 2. The fourth-order valence-electron chi connectivity index (χ4n) is 4.50. The van der Waals surface area contributed by atoms with Crippen LogP contribution in [0.15, 0.2) is 48.4 Å². The first-order chi connectivity index (χ1) is 16.0. The van der Waals surface area contributed by atoms with Crippen LogP contribution in [0.2, 0.25) is 0 Å². The number of aromatic nitrogens is 3. The molecule has 0 radical (unpaired) electrons. The van der Waals surface area contributed by atoms with E-state index in [0.717, 1.165) is 44.7 Å². The third-order valence-corrected chi connectivity index (χ3v) is 6.02. The van der Waals surface area contributed by atoms with Gasteiger partial charge in [0.05, 0.1) is 42.7 Å². The number of nitrogens with one attached hydrogen (secondary N) is 1. The normalized spacial score (nSPS) is 16.1. The Kier molecular flexibility index (Phi) is 5.39. The van der Waals surface area contributed by atoms with Crippen LogP contribution < -0.4 is 10.2 Å². The van der Waals surface area contributed by atoms with E-state index in [4.69, 9.17) is 24.3 Å². The number of phenols is 1. The molecule has 3 heterocycles. The van der Waals surface area contributed by atoms with E-state index in [-0.39, 0.29) is 11.8 Å². The summed E-state index contributed by atoms with van der Waals surface area (Å²) in [6.45, 7) is 4.48. The van der Waals surface area contributed by atoms with Crippen molar-refractivity contribution in [3.8, 4) is 17.2 Å². The average Bonchev–Trinajstić information content (AvgIpc) is 3.36. The van der Waals surface area contributed by atoms with Crippen molar-refractivity contribution in [2.24, 2.45) is 0 Å². The molecule has 0 saturated carbocycles. The van der Waals surface area contributed by atoms with Crippen molar-refractivity contribution >= 4 is 27.5 Å². The van der Waals surface area contributed by atoms with E-state index < -0.39 is 0 Å². The van der Waals surface area contributed by atoms with Crippen molar-refractivity contribution in [1.29, 1.82) is 0 Å². The van der Waals surface area contributed by atoms with Crippen LogP contribution in [0.3, 0.4) is 0 Å². The maximum Gasteiger partial charge on any atom is 0.139 e. The van der Waals surface area contributed by atoms with E-state index in [1.807, 2.05) is 42.7 Å². The summed E-state index contributed by atoms with van der Waals surface area (Å²) in [4.78, 5) is 15.1. The Morgan fingerprint density at radius 2 is 2.00 bits per heavy atom. The first-order valence-electron chi connectivity index (χ1n) is 10.8. The lowest BCUT2D eigenvalue weighted by Gasteiger charge is -2.15. The minimum absolute atomic E-state index is 0.0209. The van der Waals surface area contributed by atoms with Gasteiger partial charge >= 0.3 is 0 Å². The topological polar surface area (TPSA) is 90.7 Å². The average molecular weight is 447 g/mol. The summed E-state index contributed by atoms with van der Waals surface area (Å²) < 4.78 is 13.1. The molecule has 8 heteroatoms. The highest BCUT2D eigenvalue weighted by Crippen LogP contribution is 2.39. The van der Waals surface area contributed by atoms with Crippen molar-refractivity contribution in [2.75, 3.05) is 20.8 Å². The van der Waals surface area contributed by atoms with Gasteiger partial charge in [0.15, 0.2) is 0 Å². The van der Waals surface area contributed by atoms with Crippen LogP contribution in [0.25, 0.3) is 33.2 Å². The van der Waals surface area contributed by atoms with Gasteiger partial charge in [0, 0.05) is 30.1 Å². The fraction of sp³-hybridized carbons (Fsp3) is 0.280. The molecule has 0 saturated heterocycles. The quantitative estimate of drug-likeness (QED) is 0.460. The van der Waals surface area contributed by atoms with Crippen LogP contribution in [0.1, 0.15) is 25.2 Å². The van der Waals surface area contributed by atoms with Crippen molar-refractivity contribution in [2.45, 2.75) is 26.3 Å². The monoisotopic (exact) mass is 446 g/mol. The van der Waals surface area contributed by atoms with Crippen LogP contribution in [-0.4, -0.2) is 46.5 Å². The Labute approximate surface area is 191 Å². The smallest absolute Gasteiger partial charge is 0.139 e. The Bertz CT molecular complexity index is 1390. The second-order valence-electron chi connectivity index (χ2n) is 8.07. The molecule has 1 atom stereocenters. The fourth-order valence-corrected chi connectivity index (χ4v) is 4.50. The number of ether oxygens (including phenoxy) is 2. The standard InChI is InChI=1S/C25H26N4O4/c1-14-24(15(2)33-28-14)17-11-18-16(12-22(17)32-4)25-19(13-26-18)27-23(9-10-31-3)29(25)20-7-5-6-8-21(20)30/h5-8,11-14,28,30H,9-10H2,1-4H3. The van der Waals surface area contributed by atoms with E-state index in [1.165, 1.54) is 0 Å². The Hall–Kier alpha value is -3.62. The number of hydrogen-bond acceptors (Lipinski definition) is 7. The van der Waals surface area contributed by atoms with Gasteiger partial charge in [-0.25, -0.2) is 4.98 Å². The summed E-state index contributed by atoms with van der Waals surface area (Å²) in [7, 11) is 3.32. The van der Waals surface area contributed by atoms with Crippen molar-refractivity contribution in [3.05, 3.63) is 59.7 Å². The molecule has 1 aliphatic rings. The molecule has 170 valence electrons. The lowest BCUT2D eigenvalue weighted by atomic mass is 9.96. The zero-order valence-electron chi connectivity index (χ0n) is 19.0. The molecule has 0 spiro atoms. The molecule has 2 aromatic heterocycles. The van der Waals surface area contributed by atoms with Gasteiger partial charge in [-0.15, -0.1) is 5.48 Å². The number of hydroxylamine groups is 1. The predicted octanol–water partition coefficient (Wildman–Crippen LogP) is 4.13. The van der Waals surface area contributed by atoms with Crippen LogP contribution in [-0.2, 0) is 16.0 Å². The molecule has 8 nitrogen and oxygen atoms in total. The molecule has 0 amide bonds. The van der Waals surface area contributed by atoms with Gasteiger partial charge in [0.2, 0.25) is 0 Å². The zero-order chi connectivity index (χ0) is 23.1. The number of fused-ring (bicyclic) bond motifs is 3. The highest BCUT2D eigenvalue weighted by atomic mass is 16.7. The van der Waals surface area contributed by atoms with Crippen LogP contribution >= 0.6 is 0 Å². The van der Waals surface area contributed by atoms with E-state index in [1.54, 1.807) is 32.5 Å². The Morgan fingerprint density at radius 1 is 1.18 bits per heavy atom. The highest BCUT2D eigenvalue weighted by molar-refractivity contribution is 6.05. The number of rotatable bonds is 6. The van der Waals surface area contributed by atoms with E-state index in [9.17, 15) is 5.11 Å². The molecular weight excluding hydrogens is 420 g/mol. The van der Waals surface area contributed by atoms with Crippen LogP contribution in [0, 0.1) is 0 Å². The minimum atomic E-state index is 0.0209. The molecule has 2 N–H and O–H groups in total. The summed E-state index contributed by atoms with van der Waals surface area (Å²) in [6, 6.07) is 11.3. The number of allylic oxidation sites excluding steroid dienone is 1. The van der Waals surface area contributed by atoms with Gasteiger partial charge in [-0.3, -0.25) is 9.55 Å². The van der Waals surface area contributed by atoms with Gasteiger partial charge < -0.3 is 19.4 Å². The molecule has 33 heavy (non-hydrogen) atoms. The molecule has 1 unspecified atom stereocenters. The SMILES string of the molecule is COCCc1nc2cnc3cc(C4=C(C)ONC4C)c(OC)cc3c2n1-c1ccccc1O. The van der Waals surface area contributed by atoms with Crippen molar-refractivity contribution < 1.29 is 19.4 Å². The third-order valence-electron chi connectivity index (χ3n) is 6.02. The van der Waals surface area contributed by atoms with Crippen LogP contribution in [0.4, 0.5) is 0 Å². The van der Waals surface area contributed by atoms with E-state index in [0.29, 0.717) is 24.5 Å². The van der Waals surface area contributed by atoms with Gasteiger partial charge in [0.1, 0.15) is 28.6 Å². The molecule has 2 aromatic carbocycles. The Balaban J connectivity index is 1.83. The number of phenolic OH excluding ortho intramolecular Hbond substituents is 1. The van der Waals surface area contributed by atoms with Crippen LogP contribution in [0.5, 0.6) is 11.5 Å². The molecule has 4 aromatic rings. The lowest BCUT2D eigenvalue weighted by molar-refractivity contribution is 0.122. The molecule has 0 aliphatic carbocycles. The summed E-state index contributed by atoms with van der Waals surface area (Å²) in [5.74, 6) is 2.48. The zero-order valence-corrected chi connectivity index (χ0v) is 19.0. The third kappa shape index (κ3) is 3.48. The number of aromatic hydroxyl groups is 1. The van der Waals surface area contributed by atoms with Gasteiger partial charge in [0.25, 0.3) is 0 Å². The second-order valence-corrected chi connectivity index (χ2v) is 8.07. The number of imidazole rings is 1. The van der Waals surface area contributed by atoms with Gasteiger partial charge in [-0.1, -0.05) is 12.1 Å². The summed E-state index contributed by atoms with van der Waals surface area (Å²) in [5, 5.41) is 11.5. The number of para-hydroxylation sites is 2. The van der Waals surface area contributed by atoms with E-state index in [2.05, 4.69) is 5.48 Å². The number of nitrogens with zero attached hydrogens (tertiary/aromatic N) is 3. The predicted molar refractivity (Wildman–Crippen MR) is 126 cm³/mol. The molecule has 5 rings (SSSR count).